The molecule has 1 heterocycles. The van der Waals surface area contributed by atoms with Crippen LogP contribution >= 0.6 is 0 Å². The highest BCUT2D eigenvalue weighted by Gasteiger charge is 2.20. The summed E-state index contributed by atoms with van der Waals surface area (Å²) in [6, 6.07) is 17.6. The van der Waals surface area contributed by atoms with Crippen LogP contribution in [-0.2, 0) is 0 Å². The molecule has 2 aromatic carbocycles. The van der Waals surface area contributed by atoms with E-state index in [-0.39, 0.29) is 5.91 Å². The Hall–Kier alpha value is -3.21. The van der Waals surface area contributed by atoms with E-state index >= 15 is 0 Å². The molecule has 0 aliphatic rings. The molecule has 0 atom stereocenters. The van der Waals surface area contributed by atoms with E-state index in [1.165, 1.54) is 6.33 Å². The smallest absolute Gasteiger partial charge is 0.254 e. The first kappa shape index (κ1) is 18.6. The fraction of sp³-hybridized carbons (Fsp3) is 0.227. The van der Waals surface area contributed by atoms with Gasteiger partial charge in [-0.05, 0) is 17.5 Å². The molecule has 1 amide bonds. The largest absolute Gasteiger partial charge is 0.335 e. The molecule has 27 heavy (non-hydrogen) atoms. The average Bonchev–Trinajstić information content (AvgIpc) is 3.22. The van der Waals surface area contributed by atoms with Crippen LogP contribution in [0.3, 0.4) is 0 Å². The summed E-state index contributed by atoms with van der Waals surface area (Å²) in [7, 11) is 0. The molecule has 0 aliphatic carbocycles. The van der Waals surface area contributed by atoms with Crippen molar-refractivity contribution in [3.8, 4) is 11.4 Å². The molecule has 0 spiro atoms. The SMILES string of the molecule is CC(C)CN(C/C=C/c1ccccc1)C(=O)c1ccccc1-c1ncn[nH]1. The van der Waals surface area contributed by atoms with E-state index in [1.54, 1.807) is 0 Å². The van der Waals surface area contributed by atoms with Gasteiger partial charge in [0.1, 0.15) is 6.33 Å². The highest BCUT2D eigenvalue weighted by Crippen LogP contribution is 2.21. The minimum atomic E-state index is -0.00610. The van der Waals surface area contributed by atoms with Crippen LogP contribution in [-0.4, -0.2) is 39.1 Å². The van der Waals surface area contributed by atoms with Crippen LogP contribution in [0.5, 0.6) is 0 Å². The predicted molar refractivity (Wildman–Crippen MR) is 108 cm³/mol. The third-order valence-electron chi connectivity index (χ3n) is 4.14. The maximum atomic E-state index is 13.3. The van der Waals surface area contributed by atoms with E-state index in [1.807, 2.05) is 71.6 Å². The third kappa shape index (κ3) is 4.91. The van der Waals surface area contributed by atoms with Gasteiger partial charge in [-0.15, -0.1) is 0 Å². The first-order valence-electron chi connectivity index (χ1n) is 9.11. The van der Waals surface area contributed by atoms with E-state index in [0.29, 0.717) is 30.4 Å². The van der Waals surface area contributed by atoms with Crippen LogP contribution in [0.1, 0.15) is 29.8 Å². The average molecular weight is 360 g/mol. The molecule has 0 saturated heterocycles. The van der Waals surface area contributed by atoms with Crippen molar-refractivity contribution in [3.63, 3.8) is 0 Å². The quantitative estimate of drug-likeness (QED) is 0.684. The minimum Gasteiger partial charge on any atom is -0.335 e. The van der Waals surface area contributed by atoms with Crippen molar-refractivity contribution < 1.29 is 4.79 Å². The summed E-state index contributed by atoms with van der Waals surface area (Å²) < 4.78 is 0. The Morgan fingerprint density at radius 2 is 1.85 bits per heavy atom. The summed E-state index contributed by atoms with van der Waals surface area (Å²) in [4.78, 5) is 19.3. The van der Waals surface area contributed by atoms with Crippen molar-refractivity contribution in [2.24, 2.45) is 5.92 Å². The Labute approximate surface area is 159 Å². The lowest BCUT2D eigenvalue weighted by atomic mass is 10.0. The lowest BCUT2D eigenvalue weighted by molar-refractivity contribution is 0.0757. The lowest BCUT2D eigenvalue weighted by Gasteiger charge is -2.24. The van der Waals surface area contributed by atoms with Gasteiger partial charge in [-0.1, -0.05) is 74.5 Å². The highest BCUT2D eigenvalue weighted by atomic mass is 16.2. The monoisotopic (exact) mass is 360 g/mol. The molecule has 3 aromatic rings. The van der Waals surface area contributed by atoms with Gasteiger partial charge < -0.3 is 4.90 Å². The molecular weight excluding hydrogens is 336 g/mol. The van der Waals surface area contributed by atoms with Crippen molar-refractivity contribution in [1.29, 1.82) is 0 Å². The number of nitrogens with zero attached hydrogens (tertiary/aromatic N) is 3. The number of carbonyl (C=O) groups excluding carboxylic acids is 1. The Morgan fingerprint density at radius 1 is 1.11 bits per heavy atom. The number of nitrogens with one attached hydrogen (secondary N) is 1. The topological polar surface area (TPSA) is 61.9 Å². The first-order chi connectivity index (χ1) is 13.1. The minimum absolute atomic E-state index is 0.00610. The Bertz CT molecular complexity index is 886. The summed E-state index contributed by atoms with van der Waals surface area (Å²) >= 11 is 0. The maximum Gasteiger partial charge on any atom is 0.254 e. The van der Waals surface area contributed by atoms with Crippen LogP contribution in [0.25, 0.3) is 17.5 Å². The molecule has 5 nitrogen and oxygen atoms in total. The molecule has 0 fully saturated rings. The zero-order valence-corrected chi connectivity index (χ0v) is 15.7. The Morgan fingerprint density at radius 3 is 2.56 bits per heavy atom. The summed E-state index contributed by atoms with van der Waals surface area (Å²) in [5.74, 6) is 0.966. The molecule has 0 bridgehead atoms. The second kappa shape index (κ2) is 8.94. The molecule has 1 N–H and O–H groups in total. The third-order valence-corrected chi connectivity index (χ3v) is 4.14. The molecular formula is C22H24N4O. The molecule has 138 valence electrons. The Kier molecular flexibility index (Phi) is 6.15. The number of aromatic nitrogens is 3. The first-order valence-corrected chi connectivity index (χ1v) is 9.11. The number of hydrogen-bond acceptors (Lipinski definition) is 3. The summed E-state index contributed by atoms with van der Waals surface area (Å²) in [5, 5.41) is 6.75. The van der Waals surface area contributed by atoms with E-state index < -0.39 is 0 Å². The second-order valence-electron chi connectivity index (χ2n) is 6.80. The lowest BCUT2D eigenvalue weighted by Crippen LogP contribution is -2.34. The van der Waals surface area contributed by atoms with Gasteiger partial charge in [-0.2, -0.15) is 5.10 Å². The van der Waals surface area contributed by atoms with Crippen molar-refractivity contribution in [1.82, 2.24) is 20.1 Å². The van der Waals surface area contributed by atoms with Gasteiger partial charge >= 0.3 is 0 Å². The van der Waals surface area contributed by atoms with Gasteiger partial charge in [0, 0.05) is 18.7 Å². The van der Waals surface area contributed by atoms with Crippen LogP contribution in [0.4, 0.5) is 0 Å². The molecule has 0 unspecified atom stereocenters. The number of aromatic amines is 1. The second-order valence-corrected chi connectivity index (χ2v) is 6.80. The number of amides is 1. The molecule has 0 saturated carbocycles. The molecule has 0 aliphatic heterocycles. The number of hydrogen-bond donors (Lipinski definition) is 1. The number of H-pyrrole nitrogens is 1. The van der Waals surface area contributed by atoms with Gasteiger partial charge in [0.2, 0.25) is 0 Å². The van der Waals surface area contributed by atoms with Crippen LogP contribution in [0, 0.1) is 5.92 Å². The highest BCUT2D eigenvalue weighted by molar-refractivity contribution is 6.00. The fourth-order valence-electron chi connectivity index (χ4n) is 2.94. The van der Waals surface area contributed by atoms with E-state index in [9.17, 15) is 4.79 Å². The van der Waals surface area contributed by atoms with Gasteiger partial charge in [-0.3, -0.25) is 9.89 Å². The summed E-state index contributed by atoms with van der Waals surface area (Å²) in [6.07, 6.45) is 5.53. The molecule has 1 aromatic heterocycles. The fourth-order valence-corrected chi connectivity index (χ4v) is 2.94. The van der Waals surface area contributed by atoms with Crippen molar-refractivity contribution >= 4 is 12.0 Å². The predicted octanol–water partition coefficient (Wildman–Crippen LogP) is 4.28. The zero-order chi connectivity index (χ0) is 19.1. The van der Waals surface area contributed by atoms with Gasteiger partial charge in [0.05, 0.1) is 5.56 Å². The van der Waals surface area contributed by atoms with Gasteiger partial charge in [-0.25, -0.2) is 4.98 Å². The van der Waals surface area contributed by atoms with Crippen molar-refractivity contribution in [3.05, 3.63) is 78.1 Å². The Balaban J connectivity index is 1.83. The van der Waals surface area contributed by atoms with Crippen molar-refractivity contribution in [2.75, 3.05) is 13.1 Å². The van der Waals surface area contributed by atoms with Gasteiger partial charge in [0.15, 0.2) is 5.82 Å². The summed E-state index contributed by atoms with van der Waals surface area (Å²) in [6.45, 7) is 5.46. The number of rotatable bonds is 7. The van der Waals surface area contributed by atoms with E-state index in [0.717, 1.165) is 11.1 Å². The van der Waals surface area contributed by atoms with Gasteiger partial charge in [0.25, 0.3) is 5.91 Å². The number of benzene rings is 2. The molecule has 0 radical (unpaired) electrons. The van der Waals surface area contributed by atoms with E-state index in [4.69, 9.17) is 0 Å². The molecule has 3 rings (SSSR count). The normalized spacial score (nSPS) is 11.2. The molecule has 5 heteroatoms. The maximum absolute atomic E-state index is 13.3. The van der Waals surface area contributed by atoms with Crippen LogP contribution in [0.15, 0.2) is 67.0 Å². The van der Waals surface area contributed by atoms with Crippen molar-refractivity contribution in [2.45, 2.75) is 13.8 Å². The van der Waals surface area contributed by atoms with Crippen LogP contribution < -0.4 is 0 Å². The van der Waals surface area contributed by atoms with Crippen LogP contribution in [0.2, 0.25) is 0 Å². The number of carbonyl (C=O) groups is 1. The standard InChI is InChI=1S/C22H24N4O/c1-17(2)15-26(14-8-11-18-9-4-3-5-10-18)22(27)20-13-7-6-12-19(20)21-23-16-24-25-21/h3-13,16-17H,14-15H2,1-2H3,(H,23,24,25)/b11-8+. The summed E-state index contributed by atoms with van der Waals surface area (Å²) in [5.41, 5.74) is 2.51. The van der Waals surface area contributed by atoms with E-state index in [2.05, 4.69) is 29.0 Å². The zero-order valence-electron chi connectivity index (χ0n) is 15.7.